The van der Waals surface area contributed by atoms with E-state index in [1.54, 1.807) is 12.0 Å². The number of para-hydroxylation sites is 1. The molecule has 7 heteroatoms. The number of H-pyrrole nitrogens is 1. The number of amides is 2. The van der Waals surface area contributed by atoms with Gasteiger partial charge in [0.05, 0.1) is 25.8 Å². The lowest BCUT2D eigenvalue weighted by Crippen LogP contribution is -2.52. The molecule has 2 amide bonds. The Kier molecular flexibility index (Phi) is 4.99. The van der Waals surface area contributed by atoms with Crippen molar-refractivity contribution in [1.82, 2.24) is 15.2 Å². The van der Waals surface area contributed by atoms with Gasteiger partial charge in [0.15, 0.2) is 11.5 Å². The molecule has 0 spiro atoms. The van der Waals surface area contributed by atoms with Gasteiger partial charge in [0, 0.05) is 29.6 Å². The molecule has 0 unspecified atom stereocenters. The van der Waals surface area contributed by atoms with Gasteiger partial charge in [0.2, 0.25) is 5.91 Å². The lowest BCUT2D eigenvalue weighted by atomic mass is 9.89. The maximum atomic E-state index is 13.9. The summed E-state index contributed by atoms with van der Waals surface area (Å²) in [5, 5.41) is 4.13. The average Bonchev–Trinajstić information content (AvgIpc) is 3.42. The monoisotopic (exact) mass is 467 g/mol. The highest BCUT2D eigenvalue weighted by Gasteiger charge is 2.50. The summed E-state index contributed by atoms with van der Waals surface area (Å²) in [6.45, 7) is 0.397. The van der Waals surface area contributed by atoms with Crippen molar-refractivity contribution in [3.05, 3.63) is 94.7 Å². The number of benzene rings is 3. The third kappa shape index (κ3) is 3.19. The number of ether oxygens (including phenoxy) is 2. The normalized spacial score (nSPS) is 18.1. The van der Waals surface area contributed by atoms with Gasteiger partial charge in [-0.3, -0.25) is 9.59 Å². The highest BCUT2D eigenvalue weighted by atomic mass is 16.5. The molecule has 2 aliphatic rings. The number of nitrogens with zero attached hydrogens (tertiary/aromatic N) is 1. The van der Waals surface area contributed by atoms with Gasteiger partial charge in [-0.2, -0.15) is 0 Å². The minimum absolute atomic E-state index is 0.179. The fraction of sp³-hybridized carbons (Fsp3) is 0.214. The summed E-state index contributed by atoms with van der Waals surface area (Å²) >= 11 is 0. The Labute approximate surface area is 202 Å². The van der Waals surface area contributed by atoms with Crippen LogP contribution in [0.2, 0.25) is 0 Å². The van der Waals surface area contributed by atoms with Crippen LogP contribution in [0.4, 0.5) is 0 Å². The second kappa shape index (κ2) is 8.20. The summed E-state index contributed by atoms with van der Waals surface area (Å²) in [7, 11) is 3.08. The topological polar surface area (TPSA) is 83.7 Å². The molecule has 3 aromatic carbocycles. The summed E-state index contributed by atoms with van der Waals surface area (Å²) in [4.78, 5) is 32.7. The number of rotatable bonds is 5. The van der Waals surface area contributed by atoms with E-state index >= 15 is 0 Å². The van der Waals surface area contributed by atoms with Gasteiger partial charge < -0.3 is 24.7 Å². The van der Waals surface area contributed by atoms with Gasteiger partial charge in [-0.25, -0.2) is 0 Å². The van der Waals surface area contributed by atoms with Crippen LogP contribution in [0.15, 0.2) is 66.7 Å². The molecule has 2 N–H and O–H groups in total. The van der Waals surface area contributed by atoms with E-state index in [0.29, 0.717) is 30.0 Å². The second-order valence-electron chi connectivity index (χ2n) is 8.87. The molecule has 2 aliphatic heterocycles. The number of carbonyl (C=O) groups is 2. The molecule has 7 nitrogen and oxygen atoms in total. The van der Waals surface area contributed by atoms with E-state index in [2.05, 4.69) is 16.4 Å². The number of aromatic nitrogens is 1. The van der Waals surface area contributed by atoms with Crippen molar-refractivity contribution in [2.75, 3.05) is 14.2 Å². The van der Waals surface area contributed by atoms with Gasteiger partial charge in [-0.05, 0) is 28.8 Å². The second-order valence-corrected chi connectivity index (χ2v) is 8.87. The van der Waals surface area contributed by atoms with Crippen LogP contribution in [-0.4, -0.2) is 42.0 Å². The molecule has 176 valence electrons. The smallest absolute Gasteiger partial charge is 0.259 e. The first kappa shape index (κ1) is 21.3. The Hall–Kier alpha value is -4.26. The van der Waals surface area contributed by atoms with Crippen molar-refractivity contribution in [2.24, 2.45) is 0 Å². The molecule has 0 bridgehead atoms. The molecule has 6 rings (SSSR count). The van der Waals surface area contributed by atoms with Gasteiger partial charge in [0.1, 0.15) is 6.04 Å². The van der Waals surface area contributed by atoms with Crippen LogP contribution in [0, 0.1) is 0 Å². The Balaban J connectivity index is 1.47. The zero-order chi connectivity index (χ0) is 24.1. The van der Waals surface area contributed by atoms with E-state index in [0.717, 1.165) is 33.3 Å². The number of nitrogens with one attached hydrogen (secondary N) is 2. The van der Waals surface area contributed by atoms with Crippen molar-refractivity contribution in [3.63, 3.8) is 0 Å². The molecule has 0 fully saturated rings. The predicted octanol–water partition coefficient (Wildman–Crippen LogP) is 3.97. The van der Waals surface area contributed by atoms with Crippen molar-refractivity contribution in [1.29, 1.82) is 0 Å². The lowest BCUT2D eigenvalue weighted by Gasteiger charge is -2.37. The molecule has 35 heavy (non-hydrogen) atoms. The zero-order valence-corrected chi connectivity index (χ0v) is 19.5. The Bertz CT molecular complexity index is 1460. The molecule has 3 heterocycles. The first-order valence-corrected chi connectivity index (χ1v) is 11.6. The number of carbonyl (C=O) groups excluding carboxylic acids is 2. The number of methoxy groups -OCH3 is 2. The van der Waals surface area contributed by atoms with Crippen LogP contribution in [0.5, 0.6) is 11.5 Å². The molecule has 0 radical (unpaired) electrons. The average molecular weight is 468 g/mol. The Morgan fingerprint density at radius 3 is 2.57 bits per heavy atom. The number of hydrogen-bond donors (Lipinski definition) is 2. The van der Waals surface area contributed by atoms with Gasteiger partial charge in [-0.1, -0.05) is 54.6 Å². The minimum Gasteiger partial charge on any atom is -0.493 e. The highest BCUT2D eigenvalue weighted by Crippen LogP contribution is 2.50. The third-order valence-electron chi connectivity index (χ3n) is 7.06. The molecule has 0 aliphatic carbocycles. The summed E-state index contributed by atoms with van der Waals surface area (Å²) in [5.41, 5.74) is 5.26. The van der Waals surface area contributed by atoms with Crippen LogP contribution < -0.4 is 14.8 Å². The Morgan fingerprint density at radius 1 is 1.03 bits per heavy atom. The van der Waals surface area contributed by atoms with Crippen molar-refractivity contribution >= 4 is 22.7 Å². The summed E-state index contributed by atoms with van der Waals surface area (Å²) in [5.74, 6) is 0.471. The van der Waals surface area contributed by atoms with Crippen molar-refractivity contribution < 1.29 is 19.1 Å². The minimum atomic E-state index is -0.661. The molecule has 0 saturated carbocycles. The van der Waals surface area contributed by atoms with Crippen molar-refractivity contribution in [2.45, 2.75) is 25.0 Å². The maximum absolute atomic E-state index is 13.9. The number of fused-ring (bicyclic) bond motifs is 7. The Morgan fingerprint density at radius 2 is 1.80 bits per heavy atom. The molecule has 0 saturated heterocycles. The highest BCUT2D eigenvalue weighted by molar-refractivity contribution is 6.06. The molecule has 1 aromatic heterocycles. The van der Waals surface area contributed by atoms with Crippen LogP contribution in [0.25, 0.3) is 10.9 Å². The molecule has 4 aromatic rings. The third-order valence-corrected chi connectivity index (χ3v) is 7.06. The summed E-state index contributed by atoms with van der Waals surface area (Å²) < 4.78 is 11.1. The van der Waals surface area contributed by atoms with E-state index in [-0.39, 0.29) is 11.8 Å². The number of aromatic amines is 1. The molecular weight excluding hydrogens is 442 g/mol. The SMILES string of the molecule is COc1ccc2c(c1OC)C(=O)N1[C@@H]2c2[nH]c3ccccc3c2C[C@@H]1C(=O)NCc1ccccc1. The van der Waals surface area contributed by atoms with Crippen molar-refractivity contribution in [3.8, 4) is 11.5 Å². The summed E-state index contributed by atoms with van der Waals surface area (Å²) in [6, 6.07) is 20.5. The predicted molar refractivity (Wildman–Crippen MR) is 132 cm³/mol. The van der Waals surface area contributed by atoms with Crippen LogP contribution >= 0.6 is 0 Å². The fourth-order valence-electron chi connectivity index (χ4n) is 5.49. The largest absolute Gasteiger partial charge is 0.493 e. The first-order valence-electron chi connectivity index (χ1n) is 11.6. The van der Waals surface area contributed by atoms with E-state index < -0.39 is 12.1 Å². The van der Waals surface area contributed by atoms with Crippen LogP contribution in [0.1, 0.15) is 38.8 Å². The van der Waals surface area contributed by atoms with E-state index in [1.165, 1.54) is 7.11 Å². The van der Waals surface area contributed by atoms with Gasteiger partial charge in [0.25, 0.3) is 5.91 Å². The van der Waals surface area contributed by atoms with Gasteiger partial charge >= 0.3 is 0 Å². The number of hydrogen-bond acceptors (Lipinski definition) is 4. The quantitative estimate of drug-likeness (QED) is 0.465. The van der Waals surface area contributed by atoms with Crippen LogP contribution in [-0.2, 0) is 17.8 Å². The standard InChI is InChI=1S/C28H25N3O4/c1-34-22-13-12-18-23(26(22)35-2)28(33)31-21(27(32)29-15-16-8-4-3-5-9-16)14-19-17-10-6-7-11-20(17)30-24(19)25(18)31/h3-13,21,25,30H,14-15H2,1-2H3,(H,29,32)/t21-,25+/m1/s1. The fourth-order valence-corrected chi connectivity index (χ4v) is 5.49. The zero-order valence-electron chi connectivity index (χ0n) is 19.5. The summed E-state index contributed by atoms with van der Waals surface area (Å²) in [6.07, 6.45) is 0.426. The van der Waals surface area contributed by atoms with E-state index in [1.807, 2.05) is 60.7 Å². The lowest BCUT2D eigenvalue weighted by molar-refractivity contribution is -0.126. The molecular formula is C28H25N3O4. The van der Waals surface area contributed by atoms with E-state index in [9.17, 15) is 9.59 Å². The maximum Gasteiger partial charge on any atom is 0.259 e. The van der Waals surface area contributed by atoms with E-state index in [4.69, 9.17) is 9.47 Å². The van der Waals surface area contributed by atoms with Gasteiger partial charge in [-0.15, -0.1) is 0 Å². The van der Waals surface area contributed by atoms with Crippen LogP contribution in [0.3, 0.4) is 0 Å². The first-order chi connectivity index (χ1) is 17.1. The molecule has 2 atom stereocenters.